The SMILES string of the molecule is Cc1c(C)c(C)c(OC(=O)C(CC(CC(C)(C)c2ccccc2)c2ccccc2)SC(=S)c2ccccc2)c(C)c1C. The summed E-state index contributed by atoms with van der Waals surface area (Å²) in [7, 11) is 0. The van der Waals surface area contributed by atoms with Crippen LogP contribution in [0.5, 0.6) is 5.75 Å². The Labute approximate surface area is 261 Å². The van der Waals surface area contributed by atoms with Gasteiger partial charge in [-0.3, -0.25) is 4.79 Å². The second-order valence-electron chi connectivity index (χ2n) is 11.9. The third kappa shape index (κ3) is 7.40. The molecule has 4 heteroatoms. The van der Waals surface area contributed by atoms with Gasteiger partial charge in [0.1, 0.15) is 11.0 Å². The van der Waals surface area contributed by atoms with E-state index in [1.807, 2.05) is 50.2 Å². The van der Waals surface area contributed by atoms with E-state index in [0.717, 1.165) is 34.2 Å². The first-order chi connectivity index (χ1) is 20.0. The van der Waals surface area contributed by atoms with Crippen LogP contribution in [0.15, 0.2) is 91.0 Å². The van der Waals surface area contributed by atoms with Gasteiger partial charge in [-0.05, 0) is 103 Å². The lowest BCUT2D eigenvalue weighted by molar-refractivity contribution is -0.134. The van der Waals surface area contributed by atoms with E-state index in [1.165, 1.54) is 28.5 Å². The zero-order valence-electron chi connectivity index (χ0n) is 25.9. The van der Waals surface area contributed by atoms with Crippen LogP contribution in [0, 0.1) is 34.6 Å². The normalized spacial score (nSPS) is 12.9. The Morgan fingerprint density at radius 2 is 1.21 bits per heavy atom. The van der Waals surface area contributed by atoms with Crippen LogP contribution < -0.4 is 4.74 Å². The van der Waals surface area contributed by atoms with Gasteiger partial charge in [0.15, 0.2) is 0 Å². The zero-order chi connectivity index (χ0) is 30.4. The standard InChI is InChI=1S/C38H42O2S2/c1-25-26(2)28(4)35(29(5)27(25)3)40-36(39)34(42-37(41)31-19-13-9-14-20-31)23-32(30-17-11-8-12-18-30)24-38(6,7)33-21-15-10-16-22-33/h8-22,32,34H,23-24H2,1-7H3. The number of carbonyl (C=O) groups excluding carboxylic acids is 1. The molecule has 4 rings (SSSR count). The van der Waals surface area contributed by atoms with E-state index in [0.29, 0.717) is 16.4 Å². The minimum Gasteiger partial charge on any atom is -0.425 e. The maximum atomic E-state index is 14.2. The quantitative estimate of drug-likeness (QED) is 0.104. The molecule has 0 aromatic heterocycles. The molecule has 0 saturated heterocycles. The lowest BCUT2D eigenvalue weighted by Crippen LogP contribution is -2.29. The minimum absolute atomic E-state index is 0.0980. The van der Waals surface area contributed by atoms with Crippen molar-refractivity contribution in [1.82, 2.24) is 0 Å². The average molecular weight is 595 g/mol. The van der Waals surface area contributed by atoms with Gasteiger partial charge in [0.25, 0.3) is 0 Å². The molecule has 0 N–H and O–H groups in total. The minimum atomic E-state index is -0.477. The van der Waals surface area contributed by atoms with Crippen molar-refractivity contribution in [2.45, 2.75) is 77.9 Å². The number of rotatable bonds is 10. The summed E-state index contributed by atoms with van der Waals surface area (Å²) in [5, 5.41) is -0.477. The van der Waals surface area contributed by atoms with Gasteiger partial charge in [-0.1, -0.05) is 129 Å². The predicted octanol–water partition coefficient (Wildman–Crippen LogP) is 10.2. The van der Waals surface area contributed by atoms with Gasteiger partial charge in [-0.2, -0.15) is 0 Å². The highest BCUT2D eigenvalue weighted by Gasteiger charge is 2.33. The molecule has 0 saturated carbocycles. The molecular weight excluding hydrogens is 553 g/mol. The largest absolute Gasteiger partial charge is 0.425 e. The van der Waals surface area contributed by atoms with Gasteiger partial charge < -0.3 is 4.74 Å². The predicted molar refractivity (Wildman–Crippen MR) is 183 cm³/mol. The molecule has 2 atom stereocenters. The van der Waals surface area contributed by atoms with Crippen LogP contribution >= 0.6 is 24.0 Å². The Balaban J connectivity index is 1.71. The van der Waals surface area contributed by atoms with Gasteiger partial charge in [-0.15, -0.1) is 0 Å². The Hall–Kier alpha value is -3.21. The number of hydrogen-bond donors (Lipinski definition) is 0. The van der Waals surface area contributed by atoms with Gasteiger partial charge >= 0.3 is 5.97 Å². The molecule has 0 aliphatic rings. The molecule has 0 aliphatic heterocycles. The topological polar surface area (TPSA) is 26.3 Å². The Kier molecular flexibility index (Phi) is 10.5. The maximum Gasteiger partial charge on any atom is 0.324 e. The summed E-state index contributed by atoms with van der Waals surface area (Å²) >= 11 is 7.35. The summed E-state index contributed by atoms with van der Waals surface area (Å²) in [5.74, 6) is 0.553. The molecule has 0 radical (unpaired) electrons. The van der Waals surface area contributed by atoms with Crippen molar-refractivity contribution in [2.24, 2.45) is 0 Å². The van der Waals surface area contributed by atoms with Crippen LogP contribution in [0.3, 0.4) is 0 Å². The van der Waals surface area contributed by atoms with Gasteiger partial charge in [0, 0.05) is 0 Å². The molecule has 42 heavy (non-hydrogen) atoms. The average Bonchev–Trinajstić information content (AvgIpc) is 3.01. The van der Waals surface area contributed by atoms with Crippen molar-refractivity contribution < 1.29 is 9.53 Å². The van der Waals surface area contributed by atoms with Crippen LogP contribution in [-0.4, -0.2) is 15.4 Å². The highest BCUT2D eigenvalue weighted by Crippen LogP contribution is 2.40. The highest BCUT2D eigenvalue weighted by atomic mass is 32.2. The third-order valence-electron chi connectivity index (χ3n) is 8.74. The number of thioether (sulfide) groups is 1. The third-order valence-corrected chi connectivity index (χ3v) is 10.4. The first-order valence-electron chi connectivity index (χ1n) is 14.6. The molecule has 0 amide bonds. The van der Waals surface area contributed by atoms with Crippen molar-refractivity contribution in [2.75, 3.05) is 0 Å². The number of benzene rings is 4. The van der Waals surface area contributed by atoms with E-state index >= 15 is 0 Å². The molecule has 2 unspecified atom stereocenters. The molecule has 0 bridgehead atoms. The van der Waals surface area contributed by atoms with E-state index in [2.05, 4.69) is 89.2 Å². The van der Waals surface area contributed by atoms with Crippen molar-refractivity contribution in [1.29, 1.82) is 0 Å². The lowest BCUT2D eigenvalue weighted by Gasteiger charge is -2.32. The maximum absolute atomic E-state index is 14.2. The van der Waals surface area contributed by atoms with Crippen molar-refractivity contribution in [3.63, 3.8) is 0 Å². The van der Waals surface area contributed by atoms with Crippen molar-refractivity contribution in [3.8, 4) is 5.75 Å². The van der Waals surface area contributed by atoms with E-state index in [9.17, 15) is 4.79 Å². The summed E-state index contributed by atoms with van der Waals surface area (Å²) in [6.45, 7) is 15.0. The molecule has 4 aromatic rings. The first kappa shape index (κ1) is 31.7. The van der Waals surface area contributed by atoms with Crippen LogP contribution in [0.4, 0.5) is 0 Å². The molecule has 2 nitrogen and oxygen atoms in total. The van der Waals surface area contributed by atoms with E-state index in [-0.39, 0.29) is 17.3 Å². The molecule has 0 fully saturated rings. The number of carbonyl (C=O) groups is 1. The second-order valence-corrected chi connectivity index (χ2v) is 13.8. The summed E-state index contributed by atoms with van der Waals surface area (Å²) in [5.41, 5.74) is 8.96. The van der Waals surface area contributed by atoms with E-state index in [4.69, 9.17) is 17.0 Å². The molecule has 4 aromatic carbocycles. The summed E-state index contributed by atoms with van der Waals surface area (Å²) in [4.78, 5) is 14.2. The second kappa shape index (κ2) is 13.8. The van der Waals surface area contributed by atoms with Crippen LogP contribution in [0.2, 0.25) is 0 Å². The Morgan fingerprint density at radius 1 is 0.738 bits per heavy atom. The Morgan fingerprint density at radius 3 is 1.76 bits per heavy atom. The lowest BCUT2D eigenvalue weighted by atomic mass is 9.74. The monoisotopic (exact) mass is 594 g/mol. The summed E-state index contributed by atoms with van der Waals surface area (Å²) in [6.07, 6.45) is 1.49. The fourth-order valence-electron chi connectivity index (χ4n) is 5.69. The number of hydrogen-bond acceptors (Lipinski definition) is 4. The molecule has 0 spiro atoms. The Bertz CT molecular complexity index is 1500. The molecular formula is C38H42O2S2. The zero-order valence-corrected chi connectivity index (χ0v) is 27.5. The van der Waals surface area contributed by atoms with Crippen molar-refractivity contribution in [3.05, 3.63) is 136 Å². The summed E-state index contributed by atoms with van der Waals surface area (Å²) in [6, 6.07) is 31.1. The number of ether oxygens (including phenoxy) is 1. The van der Waals surface area contributed by atoms with Crippen LogP contribution in [0.25, 0.3) is 0 Å². The fourth-order valence-corrected chi connectivity index (χ4v) is 7.18. The van der Waals surface area contributed by atoms with E-state index in [1.54, 1.807) is 0 Å². The fraction of sp³-hybridized carbons (Fsp3) is 0.316. The number of esters is 1. The van der Waals surface area contributed by atoms with E-state index < -0.39 is 5.25 Å². The van der Waals surface area contributed by atoms with Crippen LogP contribution in [-0.2, 0) is 10.2 Å². The number of thiocarbonyl (C=S) groups is 1. The first-order valence-corrected chi connectivity index (χ1v) is 15.9. The highest BCUT2D eigenvalue weighted by molar-refractivity contribution is 8.24. The summed E-state index contributed by atoms with van der Waals surface area (Å²) < 4.78 is 7.03. The van der Waals surface area contributed by atoms with Crippen LogP contribution in [0.1, 0.15) is 77.1 Å². The molecule has 218 valence electrons. The van der Waals surface area contributed by atoms with Crippen molar-refractivity contribution >= 4 is 34.1 Å². The smallest absolute Gasteiger partial charge is 0.324 e. The van der Waals surface area contributed by atoms with Gasteiger partial charge in [0.05, 0.1) is 4.20 Å². The van der Waals surface area contributed by atoms with Gasteiger partial charge in [-0.25, -0.2) is 0 Å². The molecule has 0 heterocycles. The molecule has 0 aliphatic carbocycles. The van der Waals surface area contributed by atoms with Gasteiger partial charge in [0.2, 0.25) is 0 Å².